The minimum absolute atomic E-state index is 0.0660. The highest BCUT2D eigenvalue weighted by Gasteiger charge is 2.51. The van der Waals surface area contributed by atoms with Gasteiger partial charge < -0.3 is 9.47 Å². The fourth-order valence-corrected chi connectivity index (χ4v) is 4.61. The van der Waals surface area contributed by atoms with Gasteiger partial charge in [0.25, 0.3) is 5.56 Å². The molecule has 2 aliphatic rings. The molecule has 1 aliphatic heterocycles. The molecule has 1 aliphatic carbocycles. The van der Waals surface area contributed by atoms with E-state index < -0.39 is 0 Å². The molecule has 2 aromatic rings. The predicted molar refractivity (Wildman–Crippen MR) is 93.8 cm³/mol. The Hall–Kier alpha value is -1.70. The van der Waals surface area contributed by atoms with Crippen LogP contribution in [0.2, 0.25) is 0 Å². The van der Waals surface area contributed by atoms with Gasteiger partial charge in [0.2, 0.25) is 0 Å². The van der Waals surface area contributed by atoms with Gasteiger partial charge in [-0.05, 0) is 32.6 Å². The van der Waals surface area contributed by atoms with Gasteiger partial charge in [0.1, 0.15) is 0 Å². The number of ether oxygens (including phenoxy) is 2. The zero-order chi connectivity index (χ0) is 17.6. The molecular formula is C18H26N4O3. The summed E-state index contributed by atoms with van der Waals surface area (Å²) < 4.78 is 13.1. The van der Waals surface area contributed by atoms with Crippen LogP contribution < -0.4 is 5.56 Å². The van der Waals surface area contributed by atoms with Crippen LogP contribution in [0.25, 0.3) is 5.65 Å². The summed E-state index contributed by atoms with van der Waals surface area (Å²) in [6.45, 7) is 3.55. The molecule has 0 radical (unpaired) electrons. The number of aromatic nitrogens is 3. The van der Waals surface area contributed by atoms with Crippen molar-refractivity contribution in [2.24, 2.45) is 0 Å². The maximum Gasteiger partial charge on any atom is 0.272 e. The van der Waals surface area contributed by atoms with Crippen LogP contribution in [0.4, 0.5) is 0 Å². The Labute approximate surface area is 146 Å². The van der Waals surface area contributed by atoms with Gasteiger partial charge in [-0.25, -0.2) is 9.50 Å². The lowest BCUT2D eigenvalue weighted by Gasteiger charge is -2.43. The summed E-state index contributed by atoms with van der Waals surface area (Å²) >= 11 is 0. The largest absolute Gasteiger partial charge is 0.381 e. The summed E-state index contributed by atoms with van der Waals surface area (Å²) in [6.07, 6.45) is 4.34. The van der Waals surface area contributed by atoms with Crippen molar-refractivity contribution in [1.29, 1.82) is 0 Å². The molecule has 7 nitrogen and oxygen atoms in total. The molecule has 3 atom stereocenters. The van der Waals surface area contributed by atoms with E-state index in [9.17, 15) is 4.79 Å². The summed E-state index contributed by atoms with van der Waals surface area (Å²) in [6, 6.07) is 3.84. The molecule has 1 saturated carbocycles. The van der Waals surface area contributed by atoms with Gasteiger partial charge in [0, 0.05) is 51.2 Å². The van der Waals surface area contributed by atoms with Crippen LogP contribution in [0.1, 0.15) is 37.1 Å². The van der Waals surface area contributed by atoms with E-state index in [1.54, 1.807) is 13.2 Å². The van der Waals surface area contributed by atoms with E-state index >= 15 is 0 Å². The lowest BCUT2D eigenvalue weighted by atomic mass is 9.79. The van der Waals surface area contributed by atoms with E-state index in [0.717, 1.165) is 43.6 Å². The highest BCUT2D eigenvalue weighted by atomic mass is 16.5. The van der Waals surface area contributed by atoms with Crippen molar-refractivity contribution >= 4 is 5.65 Å². The normalized spacial score (nSPS) is 30.0. The molecule has 2 aromatic heterocycles. The third-order valence-corrected chi connectivity index (χ3v) is 5.98. The molecule has 0 unspecified atom stereocenters. The minimum atomic E-state index is -0.0845. The quantitative estimate of drug-likeness (QED) is 0.908. The fraction of sp³-hybridized carbons (Fsp3) is 0.667. The van der Waals surface area contributed by atoms with E-state index in [1.165, 1.54) is 4.52 Å². The summed E-state index contributed by atoms with van der Waals surface area (Å²) in [7, 11) is 3.61. The number of aromatic amines is 1. The number of hydrogen-bond acceptors (Lipinski definition) is 5. The van der Waals surface area contributed by atoms with Gasteiger partial charge in [0.15, 0.2) is 5.65 Å². The van der Waals surface area contributed by atoms with Gasteiger partial charge in [-0.15, -0.1) is 0 Å². The smallest absolute Gasteiger partial charge is 0.272 e. The zero-order valence-corrected chi connectivity index (χ0v) is 15.1. The third-order valence-electron chi connectivity index (χ3n) is 5.98. The van der Waals surface area contributed by atoms with Crippen molar-refractivity contribution in [2.45, 2.75) is 56.9 Å². The van der Waals surface area contributed by atoms with Crippen molar-refractivity contribution in [3.8, 4) is 0 Å². The van der Waals surface area contributed by atoms with Gasteiger partial charge >= 0.3 is 0 Å². The predicted octanol–water partition coefficient (Wildman–Crippen LogP) is 1.49. The molecule has 0 aromatic carbocycles. The molecule has 3 heterocycles. The molecule has 4 rings (SSSR count). The molecule has 0 bridgehead atoms. The Morgan fingerprint density at radius 1 is 1.36 bits per heavy atom. The molecule has 1 saturated heterocycles. The maximum atomic E-state index is 12.3. The number of H-pyrrole nitrogens is 1. The van der Waals surface area contributed by atoms with E-state index in [4.69, 9.17) is 9.47 Å². The number of hydrogen-bond donors (Lipinski definition) is 1. The second-order valence-corrected chi connectivity index (χ2v) is 7.36. The first-order valence-electron chi connectivity index (χ1n) is 8.95. The number of nitrogens with one attached hydrogen (secondary N) is 1. The van der Waals surface area contributed by atoms with E-state index in [1.807, 2.05) is 20.1 Å². The first kappa shape index (κ1) is 16.8. The SMILES string of the molecule is CO[C@@H]1CC[C@@]2(OC)CCN(Cc3cc(=O)n4[nH]c(C)cc4n3)[C@H]2C1. The number of methoxy groups -OCH3 is 2. The second-order valence-electron chi connectivity index (χ2n) is 7.36. The highest BCUT2D eigenvalue weighted by Crippen LogP contribution is 2.43. The average Bonchev–Trinajstić information content (AvgIpc) is 3.15. The van der Waals surface area contributed by atoms with Crippen LogP contribution in [0.3, 0.4) is 0 Å². The standard InChI is InChI=1S/C18H26N4O3/c1-12-8-16-19-13(9-17(23)22(16)20-12)11-21-7-6-18(25-3)5-4-14(24-2)10-15(18)21/h8-9,14-15,20H,4-7,10-11H2,1-3H3/t14-,15+,18-/m1/s1. The van der Waals surface area contributed by atoms with Crippen molar-refractivity contribution in [2.75, 3.05) is 20.8 Å². The number of nitrogens with zero attached hydrogens (tertiary/aromatic N) is 3. The maximum absolute atomic E-state index is 12.3. The molecule has 1 N–H and O–H groups in total. The number of rotatable bonds is 4. The average molecular weight is 346 g/mol. The molecule has 25 heavy (non-hydrogen) atoms. The van der Waals surface area contributed by atoms with Crippen LogP contribution in [0.5, 0.6) is 0 Å². The van der Waals surface area contributed by atoms with Crippen molar-refractivity contribution in [3.05, 3.63) is 33.9 Å². The molecule has 0 spiro atoms. The van der Waals surface area contributed by atoms with E-state index in [0.29, 0.717) is 18.2 Å². The minimum Gasteiger partial charge on any atom is -0.381 e. The Balaban J connectivity index is 1.61. The molecule has 0 amide bonds. The monoisotopic (exact) mass is 346 g/mol. The van der Waals surface area contributed by atoms with Gasteiger partial charge in [-0.2, -0.15) is 0 Å². The Kier molecular flexibility index (Phi) is 4.17. The Bertz CT molecular complexity index is 829. The van der Waals surface area contributed by atoms with Crippen LogP contribution >= 0.6 is 0 Å². The lowest BCUT2D eigenvalue weighted by Crippen LogP contribution is -2.51. The summed E-state index contributed by atoms with van der Waals surface area (Å²) in [5.74, 6) is 0. The van der Waals surface area contributed by atoms with Crippen molar-refractivity contribution in [3.63, 3.8) is 0 Å². The van der Waals surface area contributed by atoms with E-state index in [2.05, 4.69) is 15.0 Å². The molecule has 136 valence electrons. The Morgan fingerprint density at radius 2 is 2.20 bits per heavy atom. The first-order valence-corrected chi connectivity index (χ1v) is 8.95. The van der Waals surface area contributed by atoms with E-state index in [-0.39, 0.29) is 17.3 Å². The molecular weight excluding hydrogens is 320 g/mol. The summed E-state index contributed by atoms with van der Waals surface area (Å²) in [5, 5.41) is 3.01. The van der Waals surface area contributed by atoms with Gasteiger partial charge in [-0.1, -0.05) is 0 Å². The number of aryl methyl sites for hydroxylation is 1. The van der Waals surface area contributed by atoms with Crippen LogP contribution in [0, 0.1) is 6.92 Å². The Morgan fingerprint density at radius 3 is 2.96 bits per heavy atom. The third kappa shape index (κ3) is 2.80. The zero-order valence-electron chi connectivity index (χ0n) is 15.1. The van der Waals surface area contributed by atoms with Crippen molar-refractivity contribution < 1.29 is 9.47 Å². The van der Waals surface area contributed by atoms with Gasteiger partial charge in [-0.3, -0.25) is 14.8 Å². The van der Waals surface area contributed by atoms with Crippen LogP contribution in [-0.2, 0) is 16.0 Å². The first-order chi connectivity index (χ1) is 12.0. The van der Waals surface area contributed by atoms with Crippen molar-refractivity contribution in [1.82, 2.24) is 19.5 Å². The number of likely N-dealkylation sites (tertiary alicyclic amines) is 1. The van der Waals surface area contributed by atoms with Crippen LogP contribution in [0.15, 0.2) is 16.9 Å². The highest BCUT2D eigenvalue weighted by molar-refractivity contribution is 5.39. The topological polar surface area (TPSA) is 71.9 Å². The summed E-state index contributed by atoms with van der Waals surface area (Å²) in [4.78, 5) is 19.4. The van der Waals surface area contributed by atoms with Crippen LogP contribution in [-0.4, -0.2) is 58.0 Å². The molecule has 7 heteroatoms. The fourth-order valence-electron chi connectivity index (χ4n) is 4.61. The number of fused-ring (bicyclic) bond motifs is 2. The molecule has 2 fully saturated rings. The lowest BCUT2D eigenvalue weighted by molar-refractivity contribution is -0.0948. The van der Waals surface area contributed by atoms with Gasteiger partial charge in [0.05, 0.1) is 17.4 Å². The second kappa shape index (κ2) is 6.23. The summed E-state index contributed by atoms with van der Waals surface area (Å²) in [5.41, 5.74) is 2.27.